The molecule has 16 heavy (non-hydrogen) atoms. The van der Waals surface area contributed by atoms with Crippen molar-refractivity contribution >= 4 is 5.78 Å². The van der Waals surface area contributed by atoms with Crippen molar-refractivity contribution in [3.63, 3.8) is 0 Å². The molecule has 1 aliphatic carbocycles. The van der Waals surface area contributed by atoms with Gasteiger partial charge in [-0.25, -0.2) is 0 Å². The van der Waals surface area contributed by atoms with Crippen molar-refractivity contribution in [2.24, 2.45) is 0 Å². The molecule has 0 N–H and O–H groups in total. The molecule has 2 heteroatoms. The van der Waals surface area contributed by atoms with Crippen LogP contribution in [-0.4, -0.2) is 30.3 Å². The first-order valence-corrected chi connectivity index (χ1v) is 6.96. The van der Waals surface area contributed by atoms with E-state index in [1.807, 2.05) is 0 Å². The Bertz CT molecular complexity index is 193. The van der Waals surface area contributed by atoms with Crippen molar-refractivity contribution < 1.29 is 4.79 Å². The molecule has 1 rings (SSSR count). The molecule has 0 aromatic carbocycles. The molecule has 0 aromatic heterocycles. The number of hydrogen-bond donors (Lipinski definition) is 0. The predicted octanol–water partition coefficient (Wildman–Crippen LogP) is 3.40. The van der Waals surface area contributed by atoms with Gasteiger partial charge in [-0.3, -0.25) is 4.79 Å². The average molecular weight is 225 g/mol. The van der Waals surface area contributed by atoms with Gasteiger partial charge in [0.25, 0.3) is 0 Å². The van der Waals surface area contributed by atoms with E-state index in [9.17, 15) is 4.79 Å². The second-order valence-corrected chi connectivity index (χ2v) is 5.16. The molecule has 0 unspecified atom stereocenters. The highest BCUT2D eigenvalue weighted by molar-refractivity contribution is 5.79. The first kappa shape index (κ1) is 13.7. The van der Waals surface area contributed by atoms with Crippen molar-refractivity contribution in [3.8, 4) is 0 Å². The van der Waals surface area contributed by atoms with Gasteiger partial charge in [-0.05, 0) is 32.9 Å². The summed E-state index contributed by atoms with van der Waals surface area (Å²) in [6.07, 6.45) is 10.6. The zero-order chi connectivity index (χ0) is 11.8. The van der Waals surface area contributed by atoms with Gasteiger partial charge in [0.05, 0.1) is 0 Å². The van der Waals surface area contributed by atoms with Gasteiger partial charge < -0.3 is 4.90 Å². The molecule has 0 radical (unpaired) electrons. The van der Waals surface area contributed by atoms with Gasteiger partial charge in [-0.2, -0.15) is 0 Å². The lowest BCUT2D eigenvalue weighted by Gasteiger charge is -2.30. The van der Waals surface area contributed by atoms with Gasteiger partial charge in [0.2, 0.25) is 0 Å². The van der Waals surface area contributed by atoms with Gasteiger partial charge in [-0.15, -0.1) is 0 Å². The van der Waals surface area contributed by atoms with Crippen molar-refractivity contribution in [1.82, 2.24) is 4.90 Å². The first-order valence-electron chi connectivity index (χ1n) is 6.96. The summed E-state index contributed by atoms with van der Waals surface area (Å²) in [5.74, 6) is 0.465. The normalized spacial score (nSPS) is 18.3. The molecular formula is C14H27NO. The van der Waals surface area contributed by atoms with E-state index in [0.29, 0.717) is 11.8 Å². The van der Waals surface area contributed by atoms with Gasteiger partial charge in [0, 0.05) is 18.9 Å². The summed E-state index contributed by atoms with van der Waals surface area (Å²) in [6, 6.07) is 0.670. The number of Topliss-reactive ketones (excluding diaryl/α,β-unsaturated/α-hetero) is 1. The summed E-state index contributed by atoms with van der Waals surface area (Å²) >= 11 is 0. The number of rotatable bonds is 7. The van der Waals surface area contributed by atoms with E-state index in [4.69, 9.17) is 0 Å². The van der Waals surface area contributed by atoms with E-state index < -0.39 is 0 Å². The van der Waals surface area contributed by atoms with Crippen LogP contribution in [-0.2, 0) is 4.79 Å². The van der Waals surface area contributed by atoms with Crippen molar-refractivity contribution in [2.45, 2.75) is 70.8 Å². The second-order valence-electron chi connectivity index (χ2n) is 5.16. The number of carbonyl (C=O) groups excluding carboxylic acids is 1. The van der Waals surface area contributed by atoms with Crippen molar-refractivity contribution in [2.75, 3.05) is 13.6 Å². The molecule has 0 aromatic rings. The highest BCUT2D eigenvalue weighted by atomic mass is 16.1. The van der Waals surface area contributed by atoms with E-state index in [1.165, 1.54) is 38.6 Å². The minimum atomic E-state index is 0.465. The summed E-state index contributed by atoms with van der Waals surface area (Å²) in [6.45, 7) is 3.47. The van der Waals surface area contributed by atoms with Crippen LogP contribution in [0.25, 0.3) is 0 Å². The van der Waals surface area contributed by atoms with Crippen LogP contribution in [0.2, 0.25) is 0 Å². The third-order valence-electron chi connectivity index (χ3n) is 3.75. The summed E-state index contributed by atoms with van der Waals surface area (Å²) in [7, 11) is 2.22. The molecular weight excluding hydrogens is 198 g/mol. The van der Waals surface area contributed by atoms with E-state index in [1.54, 1.807) is 0 Å². The molecule has 0 aliphatic heterocycles. The Morgan fingerprint density at radius 3 is 2.38 bits per heavy atom. The zero-order valence-corrected chi connectivity index (χ0v) is 11.0. The Kier molecular flexibility index (Phi) is 6.70. The van der Waals surface area contributed by atoms with Gasteiger partial charge in [0.15, 0.2) is 0 Å². The first-order chi connectivity index (χ1) is 7.74. The van der Waals surface area contributed by atoms with Gasteiger partial charge in [-0.1, -0.05) is 32.6 Å². The largest absolute Gasteiger partial charge is 0.303 e. The lowest BCUT2D eigenvalue weighted by atomic mass is 9.93. The molecule has 1 fully saturated rings. The van der Waals surface area contributed by atoms with E-state index in [0.717, 1.165) is 25.7 Å². The maximum atomic E-state index is 11.1. The number of unbranched alkanes of at least 4 members (excludes halogenated alkanes) is 4. The maximum absolute atomic E-state index is 11.1. The predicted molar refractivity (Wildman–Crippen MR) is 68.7 cm³/mol. The number of hydrogen-bond acceptors (Lipinski definition) is 2. The lowest BCUT2D eigenvalue weighted by Crippen LogP contribution is -2.35. The van der Waals surface area contributed by atoms with Crippen molar-refractivity contribution in [1.29, 1.82) is 0 Å². The highest BCUT2D eigenvalue weighted by Gasteiger charge is 2.21. The fraction of sp³-hybridized carbons (Fsp3) is 0.929. The molecule has 0 heterocycles. The minimum Gasteiger partial charge on any atom is -0.303 e. The minimum absolute atomic E-state index is 0.465. The van der Waals surface area contributed by atoms with E-state index >= 15 is 0 Å². The lowest BCUT2D eigenvalue weighted by molar-refractivity contribution is -0.121. The number of carbonyl (C=O) groups is 1. The fourth-order valence-electron chi connectivity index (χ4n) is 2.51. The average Bonchev–Trinajstić information content (AvgIpc) is 2.29. The summed E-state index contributed by atoms with van der Waals surface area (Å²) in [4.78, 5) is 13.6. The molecule has 0 saturated heterocycles. The van der Waals surface area contributed by atoms with Gasteiger partial charge in [0.1, 0.15) is 5.78 Å². The molecule has 94 valence electrons. The Morgan fingerprint density at radius 1 is 1.12 bits per heavy atom. The molecule has 2 nitrogen and oxygen atoms in total. The molecule has 1 aliphatic rings. The smallest absolute Gasteiger partial charge is 0.133 e. The van der Waals surface area contributed by atoms with E-state index in [2.05, 4.69) is 18.9 Å². The maximum Gasteiger partial charge on any atom is 0.133 e. The number of nitrogens with zero attached hydrogens (tertiary/aromatic N) is 1. The van der Waals surface area contributed by atoms with Crippen LogP contribution >= 0.6 is 0 Å². The molecule has 0 spiro atoms. The van der Waals surface area contributed by atoms with Crippen LogP contribution in [0.1, 0.15) is 64.7 Å². The Hall–Kier alpha value is -0.370. The standard InChI is InChI=1S/C14H27NO/c1-3-4-5-6-7-12-15(2)13-8-10-14(16)11-9-13/h13H,3-12H2,1-2H3. The second kappa shape index (κ2) is 7.83. The summed E-state index contributed by atoms with van der Waals surface area (Å²) in [5, 5.41) is 0. The van der Waals surface area contributed by atoms with Crippen LogP contribution < -0.4 is 0 Å². The molecule has 0 bridgehead atoms. The SMILES string of the molecule is CCCCCCCN(C)C1CCC(=O)CC1. The Labute approximate surface area is 100 Å². The van der Waals surface area contributed by atoms with Crippen LogP contribution in [0.4, 0.5) is 0 Å². The molecule has 1 saturated carbocycles. The summed E-state index contributed by atoms with van der Waals surface area (Å²) in [5.41, 5.74) is 0. The van der Waals surface area contributed by atoms with Gasteiger partial charge >= 0.3 is 0 Å². The monoisotopic (exact) mass is 225 g/mol. The highest BCUT2D eigenvalue weighted by Crippen LogP contribution is 2.19. The van der Waals surface area contributed by atoms with Crippen molar-refractivity contribution in [3.05, 3.63) is 0 Å². The summed E-state index contributed by atoms with van der Waals surface area (Å²) < 4.78 is 0. The molecule has 0 amide bonds. The van der Waals surface area contributed by atoms with Crippen LogP contribution in [0.15, 0.2) is 0 Å². The Morgan fingerprint density at radius 2 is 1.75 bits per heavy atom. The fourth-order valence-corrected chi connectivity index (χ4v) is 2.51. The Balaban J connectivity index is 2.05. The zero-order valence-electron chi connectivity index (χ0n) is 11.0. The third kappa shape index (κ3) is 5.11. The quantitative estimate of drug-likeness (QED) is 0.619. The third-order valence-corrected chi connectivity index (χ3v) is 3.75. The van der Waals surface area contributed by atoms with Crippen LogP contribution in [0.3, 0.4) is 0 Å². The van der Waals surface area contributed by atoms with E-state index in [-0.39, 0.29) is 0 Å². The number of ketones is 1. The molecule has 0 atom stereocenters. The topological polar surface area (TPSA) is 20.3 Å². The van der Waals surface area contributed by atoms with Crippen LogP contribution in [0, 0.1) is 0 Å². The van der Waals surface area contributed by atoms with Crippen LogP contribution in [0.5, 0.6) is 0 Å².